The summed E-state index contributed by atoms with van der Waals surface area (Å²) >= 11 is 0. The highest BCUT2D eigenvalue weighted by atomic mass is 32.2. The Kier molecular flexibility index (Phi) is 4.68. The molecule has 1 saturated heterocycles. The van der Waals surface area contributed by atoms with Crippen molar-refractivity contribution in [2.45, 2.75) is 31.8 Å². The highest BCUT2D eigenvalue weighted by Gasteiger charge is 2.26. The van der Waals surface area contributed by atoms with E-state index < -0.39 is 9.84 Å². The first-order valence-electron chi connectivity index (χ1n) is 6.96. The zero-order valence-electron chi connectivity index (χ0n) is 12.6. The van der Waals surface area contributed by atoms with Gasteiger partial charge in [-0.25, -0.2) is 8.42 Å². The zero-order valence-corrected chi connectivity index (χ0v) is 13.4. The lowest BCUT2D eigenvalue weighted by Crippen LogP contribution is -2.48. The lowest BCUT2D eigenvalue weighted by atomic mass is 10.1. The number of hydrogen-bond donors (Lipinski definition) is 0. The van der Waals surface area contributed by atoms with Gasteiger partial charge in [-0.2, -0.15) is 0 Å². The molecule has 0 aromatic heterocycles. The molecule has 1 aliphatic heterocycles. The van der Waals surface area contributed by atoms with Crippen molar-refractivity contribution in [3.63, 3.8) is 0 Å². The third-order valence-electron chi connectivity index (χ3n) is 3.31. The fourth-order valence-corrected chi connectivity index (χ4v) is 3.41. The van der Waals surface area contributed by atoms with Gasteiger partial charge in [0.05, 0.1) is 18.0 Å². The number of amides is 1. The summed E-state index contributed by atoms with van der Waals surface area (Å²) in [6, 6.07) is 6.83. The predicted molar refractivity (Wildman–Crippen MR) is 80.9 cm³/mol. The molecule has 116 valence electrons. The quantitative estimate of drug-likeness (QED) is 0.848. The molecule has 0 radical (unpaired) electrons. The van der Waals surface area contributed by atoms with Gasteiger partial charge in [-0.1, -0.05) is 12.1 Å². The molecule has 0 N–H and O–H groups in total. The summed E-state index contributed by atoms with van der Waals surface area (Å²) in [5.74, 6) is -0.128. The maximum absolute atomic E-state index is 12.5. The molecule has 2 atom stereocenters. The van der Waals surface area contributed by atoms with Crippen molar-refractivity contribution < 1.29 is 17.9 Å². The molecule has 2 rings (SSSR count). The number of benzene rings is 1. The van der Waals surface area contributed by atoms with Crippen molar-refractivity contribution in [1.29, 1.82) is 0 Å². The van der Waals surface area contributed by atoms with E-state index in [-0.39, 0.29) is 23.9 Å². The molecule has 0 aliphatic carbocycles. The van der Waals surface area contributed by atoms with Gasteiger partial charge in [0.2, 0.25) is 0 Å². The molecular formula is C15H21NO4S. The smallest absolute Gasteiger partial charge is 0.254 e. The van der Waals surface area contributed by atoms with Crippen molar-refractivity contribution in [3.05, 3.63) is 35.4 Å². The molecule has 1 aliphatic rings. The zero-order chi connectivity index (χ0) is 15.6. The Morgan fingerprint density at radius 2 is 1.90 bits per heavy atom. The molecule has 5 nitrogen and oxygen atoms in total. The molecule has 0 saturated carbocycles. The number of carbonyl (C=O) groups excluding carboxylic acids is 1. The first kappa shape index (κ1) is 16.0. The normalized spacial score (nSPS) is 23.1. The van der Waals surface area contributed by atoms with Crippen LogP contribution in [0, 0.1) is 0 Å². The lowest BCUT2D eigenvalue weighted by molar-refractivity contribution is -0.0586. The van der Waals surface area contributed by atoms with Crippen LogP contribution in [0.2, 0.25) is 0 Å². The largest absolute Gasteiger partial charge is 0.372 e. The Bertz CT molecular complexity index is 616. The Morgan fingerprint density at radius 3 is 2.48 bits per heavy atom. The van der Waals surface area contributed by atoms with Crippen LogP contribution in [0.5, 0.6) is 0 Å². The summed E-state index contributed by atoms with van der Waals surface area (Å²) < 4.78 is 28.3. The maximum atomic E-state index is 12.5. The van der Waals surface area contributed by atoms with Gasteiger partial charge in [0.25, 0.3) is 5.91 Å². The minimum absolute atomic E-state index is 0.0110. The summed E-state index contributed by atoms with van der Waals surface area (Å²) in [4.78, 5) is 14.3. The van der Waals surface area contributed by atoms with Gasteiger partial charge in [0.1, 0.15) is 0 Å². The van der Waals surface area contributed by atoms with Crippen LogP contribution in [0.25, 0.3) is 0 Å². The van der Waals surface area contributed by atoms with Gasteiger partial charge in [-0.15, -0.1) is 0 Å². The molecule has 1 heterocycles. The van der Waals surface area contributed by atoms with E-state index in [0.717, 1.165) is 0 Å². The summed E-state index contributed by atoms with van der Waals surface area (Å²) in [6.07, 6.45) is 1.21. The molecule has 2 unspecified atom stereocenters. The first-order valence-corrected chi connectivity index (χ1v) is 9.02. The maximum Gasteiger partial charge on any atom is 0.254 e. The Labute approximate surface area is 125 Å². The third kappa shape index (κ3) is 4.54. The molecule has 1 amide bonds. The van der Waals surface area contributed by atoms with Crippen molar-refractivity contribution in [1.82, 2.24) is 4.90 Å². The molecule has 1 aromatic carbocycles. The van der Waals surface area contributed by atoms with Gasteiger partial charge in [-0.3, -0.25) is 4.79 Å². The van der Waals surface area contributed by atoms with Crippen LogP contribution in [-0.2, 0) is 20.3 Å². The second kappa shape index (κ2) is 6.15. The number of ether oxygens (including phenoxy) is 1. The molecule has 0 spiro atoms. The van der Waals surface area contributed by atoms with Crippen LogP contribution >= 0.6 is 0 Å². The van der Waals surface area contributed by atoms with Crippen LogP contribution in [-0.4, -0.2) is 50.8 Å². The number of sulfone groups is 1. The van der Waals surface area contributed by atoms with Crippen molar-refractivity contribution >= 4 is 15.7 Å². The Balaban J connectivity index is 2.17. The second-order valence-electron chi connectivity index (χ2n) is 5.74. The van der Waals surface area contributed by atoms with E-state index in [2.05, 4.69) is 0 Å². The number of rotatable bonds is 3. The van der Waals surface area contributed by atoms with E-state index >= 15 is 0 Å². The fraction of sp³-hybridized carbons (Fsp3) is 0.533. The molecule has 21 heavy (non-hydrogen) atoms. The van der Waals surface area contributed by atoms with Crippen LogP contribution in [0.4, 0.5) is 0 Å². The van der Waals surface area contributed by atoms with Crippen LogP contribution < -0.4 is 0 Å². The Morgan fingerprint density at radius 1 is 1.29 bits per heavy atom. The van der Waals surface area contributed by atoms with Gasteiger partial charge in [0, 0.05) is 24.9 Å². The van der Waals surface area contributed by atoms with Gasteiger partial charge in [-0.05, 0) is 31.5 Å². The number of morpholine rings is 1. The fourth-order valence-electron chi connectivity index (χ4n) is 2.62. The topological polar surface area (TPSA) is 63.7 Å². The second-order valence-corrected chi connectivity index (χ2v) is 7.88. The first-order chi connectivity index (χ1) is 9.74. The summed E-state index contributed by atoms with van der Waals surface area (Å²) in [6.45, 7) is 4.99. The van der Waals surface area contributed by atoms with Gasteiger partial charge >= 0.3 is 0 Å². The lowest BCUT2D eigenvalue weighted by Gasteiger charge is -2.35. The Hall–Kier alpha value is -1.40. The van der Waals surface area contributed by atoms with Crippen molar-refractivity contribution in [2.75, 3.05) is 19.3 Å². The van der Waals surface area contributed by atoms with E-state index in [0.29, 0.717) is 24.2 Å². The highest BCUT2D eigenvalue weighted by Crippen LogP contribution is 2.16. The summed E-state index contributed by atoms with van der Waals surface area (Å²) in [7, 11) is -3.11. The van der Waals surface area contributed by atoms with Crippen LogP contribution in [0.3, 0.4) is 0 Å². The number of hydrogen-bond acceptors (Lipinski definition) is 4. The molecule has 0 bridgehead atoms. The number of nitrogens with zero attached hydrogens (tertiary/aromatic N) is 1. The van der Waals surface area contributed by atoms with Crippen LogP contribution in [0.1, 0.15) is 29.8 Å². The molecule has 6 heteroatoms. The highest BCUT2D eigenvalue weighted by molar-refractivity contribution is 7.89. The minimum Gasteiger partial charge on any atom is -0.372 e. The average molecular weight is 311 g/mol. The van der Waals surface area contributed by atoms with Crippen LogP contribution in [0.15, 0.2) is 24.3 Å². The summed E-state index contributed by atoms with van der Waals surface area (Å²) in [5.41, 5.74) is 1.16. The monoisotopic (exact) mass is 311 g/mol. The van der Waals surface area contributed by atoms with E-state index in [9.17, 15) is 13.2 Å². The van der Waals surface area contributed by atoms with E-state index in [1.165, 1.54) is 6.26 Å². The van der Waals surface area contributed by atoms with E-state index in [4.69, 9.17) is 4.74 Å². The average Bonchev–Trinajstić information content (AvgIpc) is 2.35. The van der Waals surface area contributed by atoms with Crippen molar-refractivity contribution in [2.24, 2.45) is 0 Å². The van der Waals surface area contributed by atoms with Crippen molar-refractivity contribution in [3.8, 4) is 0 Å². The van der Waals surface area contributed by atoms with Gasteiger partial charge in [0.15, 0.2) is 9.84 Å². The SMILES string of the molecule is CC1CN(C(=O)c2cccc(CS(C)(=O)=O)c2)CC(C)O1. The molecular weight excluding hydrogens is 290 g/mol. The van der Waals surface area contributed by atoms with Gasteiger partial charge < -0.3 is 9.64 Å². The molecule has 1 aromatic rings. The number of carbonyl (C=O) groups is 1. The molecule has 1 fully saturated rings. The standard InChI is InChI=1S/C15H21NO4S/c1-11-8-16(9-12(2)20-11)15(17)14-6-4-5-13(7-14)10-21(3,18)19/h4-7,11-12H,8-10H2,1-3H3. The third-order valence-corrected chi connectivity index (χ3v) is 4.17. The van der Waals surface area contributed by atoms with E-state index in [1.54, 1.807) is 29.2 Å². The summed E-state index contributed by atoms with van der Waals surface area (Å²) in [5, 5.41) is 0. The minimum atomic E-state index is -3.11. The predicted octanol–water partition coefficient (Wildman–Crippen LogP) is 1.48. The van der Waals surface area contributed by atoms with E-state index in [1.807, 2.05) is 13.8 Å².